The predicted octanol–water partition coefficient (Wildman–Crippen LogP) is 7.45. The van der Waals surface area contributed by atoms with E-state index in [0.29, 0.717) is 49.4 Å². The Bertz CT molecular complexity index is 616. The lowest BCUT2D eigenvalue weighted by Crippen LogP contribution is -2.44. The highest BCUT2D eigenvalue weighted by Crippen LogP contribution is 2.24. The van der Waals surface area contributed by atoms with Crippen molar-refractivity contribution in [1.82, 2.24) is 0 Å². The third-order valence-corrected chi connectivity index (χ3v) is 6.81. The molecule has 0 amide bonds. The van der Waals surface area contributed by atoms with Gasteiger partial charge in [-0.1, -0.05) is 81.1 Å². The summed E-state index contributed by atoms with van der Waals surface area (Å²) in [5.74, 6) is 0.359. The molecule has 0 N–H and O–H groups in total. The standard InChI is InChI=1S/C33H60O8/c1-25(2)13-9-17-29(34)38-21-33(22-39-30(35)18-10-14-26(3)4,23-40-31(36)19-11-15-27(5)6)24-41-32(37)20-12-16-28(7)8/h25-28H,9-24H2,1-8H3. The van der Waals surface area contributed by atoms with Gasteiger partial charge in [0.15, 0.2) is 0 Å². The van der Waals surface area contributed by atoms with Crippen molar-refractivity contribution in [2.45, 2.75) is 132 Å². The molecule has 8 heteroatoms. The smallest absolute Gasteiger partial charge is 0.305 e. The quantitative estimate of drug-likeness (QED) is 0.0851. The lowest BCUT2D eigenvalue weighted by Gasteiger charge is -2.31. The van der Waals surface area contributed by atoms with Crippen LogP contribution in [0.1, 0.15) is 132 Å². The zero-order valence-electron chi connectivity index (χ0n) is 27.4. The van der Waals surface area contributed by atoms with E-state index >= 15 is 0 Å². The monoisotopic (exact) mass is 584 g/mol. The second-order valence-corrected chi connectivity index (χ2v) is 13.3. The van der Waals surface area contributed by atoms with E-state index in [0.717, 1.165) is 25.7 Å². The lowest BCUT2D eigenvalue weighted by atomic mass is 9.92. The topological polar surface area (TPSA) is 105 Å². The fourth-order valence-electron chi connectivity index (χ4n) is 4.09. The Hall–Kier alpha value is -2.12. The Balaban J connectivity index is 5.58. The minimum Gasteiger partial charge on any atom is -0.465 e. The van der Waals surface area contributed by atoms with E-state index in [-0.39, 0.29) is 76.0 Å². The molecule has 0 aromatic carbocycles. The predicted molar refractivity (Wildman–Crippen MR) is 161 cm³/mol. The molecule has 0 atom stereocenters. The van der Waals surface area contributed by atoms with Gasteiger partial charge in [-0.05, 0) is 49.4 Å². The van der Waals surface area contributed by atoms with Gasteiger partial charge in [-0.3, -0.25) is 19.2 Å². The molecule has 0 unspecified atom stereocenters. The first-order valence-corrected chi connectivity index (χ1v) is 15.9. The summed E-state index contributed by atoms with van der Waals surface area (Å²) in [6.07, 6.45) is 7.42. The summed E-state index contributed by atoms with van der Waals surface area (Å²) in [5, 5.41) is 0. The molecule has 0 aliphatic carbocycles. The first kappa shape index (κ1) is 38.9. The zero-order valence-corrected chi connectivity index (χ0v) is 27.4. The number of rotatable bonds is 24. The van der Waals surface area contributed by atoms with Crippen LogP contribution in [-0.2, 0) is 38.1 Å². The van der Waals surface area contributed by atoms with E-state index in [2.05, 4.69) is 55.4 Å². The van der Waals surface area contributed by atoms with Crippen LogP contribution in [0.25, 0.3) is 0 Å². The second kappa shape index (κ2) is 22.5. The number of esters is 4. The Kier molecular flexibility index (Phi) is 21.3. The van der Waals surface area contributed by atoms with Crippen LogP contribution in [0.4, 0.5) is 0 Å². The molecule has 8 nitrogen and oxygen atoms in total. The molecule has 0 rings (SSSR count). The highest BCUT2D eigenvalue weighted by Gasteiger charge is 2.38. The van der Waals surface area contributed by atoms with Crippen LogP contribution in [-0.4, -0.2) is 50.3 Å². The minimum absolute atomic E-state index is 0.189. The molecule has 0 saturated heterocycles. The van der Waals surface area contributed by atoms with Gasteiger partial charge in [0, 0.05) is 25.7 Å². The summed E-state index contributed by atoms with van der Waals surface area (Å²) >= 11 is 0. The highest BCUT2D eigenvalue weighted by molar-refractivity contribution is 5.71. The summed E-state index contributed by atoms with van der Waals surface area (Å²) in [7, 11) is 0. The van der Waals surface area contributed by atoms with Crippen molar-refractivity contribution >= 4 is 23.9 Å². The van der Waals surface area contributed by atoms with E-state index < -0.39 is 5.41 Å². The Morgan fingerprint density at radius 3 is 0.780 bits per heavy atom. The molecule has 0 spiro atoms. The van der Waals surface area contributed by atoms with Crippen molar-refractivity contribution < 1.29 is 38.1 Å². The number of hydrogen-bond donors (Lipinski definition) is 0. The van der Waals surface area contributed by atoms with Crippen molar-refractivity contribution in [2.24, 2.45) is 29.1 Å². The number of carbonyl (C=O) groups excluding carboxylic acids is 4. The van der Waals surface area contributed by atoms with Gasteiger partial charge in [-0.25, -0.2) is 0 Å². The molecule has 0 heterocycles. The summed E-state index contributed by atoms with van der Waals surface area (Å²) < 4.78 is 22.4. The normalized spacial score (nSPS) is 11.8. The molecule has 0 saturated carbocycles. The average molecular weight is 585 g/mol. The first-order valence-electron chi connectivity index (χ1n) is 15.9. The number of ether oxygens (including phenoxy) is 4. The van der Waals surface area contributed by atoms with Gasteiger partial charge in [0.25, 0.3) is 0 Å². The first-order chi connectivity index (χ1) is 19.2. The largest absolute Gasteiger partial charge is 0.465 e. The van der Waals surface area contributed by atoms with Gasteiger partial charge in [0.1, 0.15) is 31.8 Å². The van der Waals surface area contributed by atoms with Gasteiger partial charge in [0.05, 0.1) is 0 Å². The maximum atomic E-state index is 12.6. The van der Waals surface area contributed by atoms with E-state index in [1.165, 1.54) is 0 Å². The number of carbonyl (C=O) groups is 4. The summed E-state index contributed by atoms with van der Waals surface area (Å²) in [4.78, 5) is 50.2. The molecule has 0 bridgehead atoms. The Labute approximate surface area is 250 Å². The van der Waals surface area contributed by atoms with Crippen molar-refractivity contribution in [1.29, 1.82) is 0 Å². The summed E-state index contributed by atoms with van der Waals surface area (Å²) in [6, 6.07) is 0. The van der Waals surface area contributed by atoms with Crippen molar-refractivity contribution in [3.63, 3.8) is 0 Å². The van der Waals surface area contributed by atoms with Crippen LogP contribution >= 0.6 is 0 Å². The third kappa shape index (κ3) is 23.2. The van der Waals surface area contributed by atoms with Crippen molar-refractivity contribution in [3.05, 3.63) is 0 Å². The highest BCUT2D eigenvalue weighted by atomic mass is 16.6. The van der Waals surface area contributed by atoms with Gasteiger partial charge in [-0.15, -0.1) is 0 Å². The molecular weight excluding hydrogens is 524 g/mol. The van der Waals surface area contributed by atoms with Crippen molar-refractivity contribution in [3.8, 4) is 0 Å². The summed E-state index contributed by atoms with van der Waals surface area (Å²) in [6.45, 7) is 16.0. The fraction of sp³-hybridized carbons (Fsp3) is 0.879. The van der Waals surface area contributed by atoms with Gasteiger partial charge in [0.2, 0.25) is 0 Å². The van der Waals surface area contributed by atoms with E-state index in [4.69, 9.17) is 18.9 Å². The fourth-order valence-corrected chi connectivity index (χ4v) is 4.09. The molecular formula is C33H60O8. The molecule has 240 valence electrons. The minimum atomic E-state index is -1.19. The van der Waals surface area contributed by atoms with Gasteiger partial charge in [-0.2, -0.15) is 0 Å². The second-order valence-electron chi connectivity index (χ2n) is 13.3. The maximum absolute atomic E-state index is 12.6. The van der Waals surface area contributed by atoms with Crippen molar-refractivity contribution in [2.75, 3.05) is 26.4 Å². The van der Waals surface area contributed by atoms with Crippen LogP contribution in [0, 0.1) is 29.1 Å². The molecule has 0 fully saturated rings. The molecule has 0 aliphatic rings. The molecule has 0 aliphatic heterocycles. The van der Waals surface area contributed by atoms with Crippen LogP contribution in [0.2, 0.25) is 0 Å². The molecule has 0 radical (unpaired) electrons. The molecule has 0 aromatic heterocycles. The molecule has 0 aromatic rings. The van der Waals surface area contributed by atoms with E-state index in [9.17, 15) is 19.2 Å². The average Bonchev–Trinajstić information content (AvgIpc) is 2.87. The number of hydrogen-bond acceptors (Lipinski definition) is 8. The Morgan fingerprint density at radius 1 is 0.415 bits per heavy atom. The molecule has 41 heavy (non-hydrogen) atoms. The summed E-state index contributed by atoms with van der Waals surface area (Å²) in [5.41, 5.74) is -1.19. The van der Waals surface area contributed by atoms with Crippen LogP contribution in [0.3, 0.4) is 0 Å². The third-order valence-electron chi connectivity index (χ3n) is 6.81. The lowest BCUT2D eigenvalue weighted by molar-refractivity contribution is -0.170. The van der Waals surface area contributed by atoms with Crippen LogP contribution in [0.15, 0.2) is 0 Å². The Morgan fingerprint density at radius 2 is 0.610 bits per heavy atom. The van der Waals surface area contributed by atoms with Gasteiger partial charge < -0.3 is 18.9 Å². The van der Waals surface area contributed by atoms with E-state index in [1.807, 2.05) is 0 Å². The van der Waals surface area contributed by atoms with Crippen LogP contribution < -0.4 is 0 Å². The van der Waals surface area contributed by atoms with Crippen LogP contribution in [0.5, 0.6) is 0 Å². The zero-order chi connectivity index (χ0) is 31.3. The SMILES string of the molecule is CC(C)CCCC(=O)OCC(COC(=O)CCCC(C)C)(COC(=O)CCCC(C)C)COC(=O)CCCC(C)C. The van der Waals surface area contributed by atoms with E-state index in [1.54, 1.807) is 0 Å². The maximum Gasteiger partial charge on any atom is 0.305 e. The van der Waals surface area contributed by atoms with Gasteiger partial charge >= 0.3 is 23.9 Å².